The van der Waals surface area contributed by atoms with E-state index in [-0.39, 0.29) is 0 Å². The lowest BCUT2D eigenvalue weighted by Crippen LogP contribution is -2.05. The van der Waals surface area contributed by atoms with Crippen molar-refractivity contribution in [2.24, 2.45) is 0 Å². The van der Waals surface area contributed by atoms with Gasteiger partial charge in [0.2, 0.25) is 0 Å². The molecule has 1 saturated carbocycles. The fourth-order valence-corrected chi connectivity index (χ4v) is 3.96. The van der Waals surface area contributed by atoms with Gasteiger partial charge < -0.3 is 0 Å². The van der Waals surface area contributed by atoms with Crippen LogP contribution in [0.15, 0.2) is 66.7 Å². The SMILES string of the molecule is c1ccc(-c2ccc(C3CCCCC3)c3ccccc23)cc1. The maximum atomic E-state index is 2.39. The Bertz CT molecular complexity index is 764. The van der Waals surface area contributed by atoms with E-state index < -0.39 is 0 Å². The highest BCUT2D eigenvalue weighted by Gasteiger charge is 2.18. The molecule has 0 amide bonds. The van der Waals surface area contributed by atoms with Gasteiger partial charge in [-0.25, -0.2) is 0 Å². The first-order chi connectivity index (χ1) is 10.9. The molecule has 0 aromatic heterocycles. The van der Waals surface area contributed by atoms with Crippen molar-refractivity contribution in [3.63, 3.8) is 0 Å². The molecule has 22 heavy (non-hydrogen) atoms. The van der Waals surface area contributed by atoms with E-state index in [1.807, 2.05) is 0 Å². The van der Waals surface area contributed by atoms with Crippen LogP contribution in [0, 0.1) is 0 Å². The zero-order valence-electron chi connectivity index (χ0n) is 13.0. The van der Waals surface area contributed by atoms with E-state index >= 15 is 0 Å². The minimum Gasteiger partial charge on any atom is -0.0622 e. The molecule has 0 atom stereocenters. The molecule has 0 spiro atoms. The summed E-state index contributed by atoms with van der Waals surface area (Å²) in [4.78, 5) is 0. The standard InChI is InChI=1S/C22H22/c1-3-9-17(10-4-1)19-15-16-20(18-11-5-2-6-12-18)22-14-8-7-13-21(19)22/h1,3-4,7-10,13-16,18H,2,5-6,11-12H2. The van der Waals surface area contributed by atoms with Crippen LogP contribution in [-0.2, 0) is 0 Å². The molecule has 0 nitrogen and oxygen atoms in total. The molecule has 4 rings (SSSR count). The number of hydrogen-bond donors (Lipinski definition) is 0. The second-order valence-corrected chi connectivity index (χ2v) is 6.45. The lowest BCUT2D eigenvalue weighted by atomic mass is 9.81. The lowest BCUT2D eigenvalue weighted by molar-refractivity contribution is 0.445. The van der Waals surface area contributed by atoms with Crippen molar-refractivity contribution in [2.45, 2.75) is 38.0 Å². The van der Waals surface area contributed by atoms with Gasteiger partial charge in [-0.2, -0.15) is 0 Å². The van der Waals surface area contributed by atoms with Gasteiger partial charge in [0, 0.05) is 0 Å². The summed E-state index contributed by atoms with van der Waals surface area (Å²) in [7, 11) is 0. The molecule has 0 bridgehead atoms. The van der Waals surface area contributed by atoms with Crippen molar-refractivity contribution in [1.82, 2.24) is 0 Å². The molecule has 1 fully saturated rings. The Balaban J connectivity index is 1.88. The van der Waals surface area contributed by atoms with Gasteiger partial charge in [-0.15, -0.1) is 0 Å². The van der Waals surface area contributed by atoms with Gasteiger partial charge in [-0.1, -0.05) is 86.0 Å². The molecule has 1 aliphatic carbocycles. The minimum atomic E-state index is 0.753. The number of benzene rings is 3. The molecule has 0 unspecified atom stereocenters. The highest BCUT2D eigenvalue weighted by molar-refractivity contribution is 5.98. The summed E-state index contributed by atoms with van der Waals surface area (Å²) in [5, 5.41) is 2.85. The second-order valence-electron chi connectivity index (χ2n) is 6.45. The van der Waals surface area contributed by atoms with Crippen LogP contribution < -0.4 is 0 Å². The monoisotopic (exact) mass is 286 g/mol. The van der Waals surface area contributed by atoms with Crippen molar-refractivity contribution in [2.75, 3.05) is 0 Å². The van der Waals surface area contributed by atoms with Crippen LogP contribution in [0.3, 0.4) is 0 Å². The summed E-state index contributed by atoms with van der Waals surface area (Å²) in [5.41, 5.74) is 4.24. The fraction of sp³-hybridized carbons (Fsp3) is 0.273. The molecule has 0 N–H and O–H groups in total. The van der Waals surface area contributed by atoms with Crippen LogP contribution >= 0.6 is 0 Å². The molecule has 3 aromatic carbocycles. The largest absolute Gasteiger partial charge is 0.0622 e. The summed E-state index contributed by atoms with van der Waals surface area (Å²) >= 11 is 0. The lowest BCUT2D eigenvalue weighted by Gasteiger charge is -2.24. The number of rotatable bonds is 2. The van der Waals surface area contributed by atoms with Crippen molar-refractivity contribution < 1.29 is 0 Å². The molecule has 0 heterocycles. The molecule has 0 heteroatoms. The highest BCUT2D eigenvalue weighted by atomic mass is 14.2. The maximum absolute atomic E-state index is 2.39. The second kappa shape index (κ2) is 5.96. The van der Waals surface area contributed by atoms with Crippen molar-refractivity contribution in [3.05, 3.63) is 72.3 Å². The Morgan fingerprint density at radius 3 is 2.05 bits per heavy atom. The van der Waals surface area contributed by atoms with E-state index in [1.165, 1.54) is 54.0 Å². The van der Waals surface area contributed by atoms with Gasteiger partial charge in [0.05, 0.1) is 0 Å². The van der Waals surface area contributed by atoms with Gasteiger partial charge in [0.25, 0.3) is 0 Å². The molecular weight excluding hydrogens is 264 g/mol. The topological polar surface area (TPSA) is 0 Å². The number of hydrogen-bond acceptors (Lipinski definition) is 0. The third kappa shape index (κ3) is 2.43. The van der Waals surface area contributed by atoms with E-state index in [0.717, 1.165) is 5.92 Å². The van der Waals surface area contributed by atoms with Crippen LogP contribution in [0.25, 0.3) is 21.9 Å². The van der Waals surface area contributed by atoms with Crippen LogP contribution in [0.1, 0.15) is 43.6 Å². The quantitative estimate of drug-likeness (QED) is 0.500. The fourth-order valence-electron chi connectivity index (χ4n) is 3.96. The summed E-state index contributed by atoms with van der Waals surface area (Å²) in [6.07, 6.45) is 6.90. The van der Waals surface area contributed by atoms with Crippen LogP contribution in [0.4, 0.5) is 0 Å². The molecular formula is C22H22. The van der Waals surface area contributed by atoms with Crippen LogP contribution in [-0.4, -0.2) is 0 Å². The van der Waals surface area contributed by atoms with Crippen molar-refractivity contribution in [1.29, 1.82) is 0 Å². The summed E-state index contributed by atoms with van der Waals surface area (Å²) in [6.45, 7) is 0. The average Bonchev–Trinajstić information content (AvgIpc) is 2.62. The van der Waals surface area contributed by atoms with E-state index in [4.69, 9.17) is 0 Å². The zero-order chi connectivity index (χ0) is 14.8. The molecule has 3 aromatic rings. The third-order valence-corrected chi connectivity index (χ3v) is 5.09. The Kier molecular flexibility index (Phi) is 3.68. The van der Waals surface area contributed by atoms with Crippen molar-refractivity contribution in [3.8, 4) is 11.1 Å². The highest BCUT2D eigenvalue weighted by Crippen LogP contribution is 2.39. The Morgan fingerprint density at radius 1 is 0.591 bits per heavy atom. The Hall–Kier alpha value is -2.08. The van der Waals surface area contributed by atoms with Gasteiger partial charge >= 0.3 is 0 Å². The average molecular weight is 286 g/mol. The summed E-state index contributed by atoms with van der Waals surface area (Å²) in [5.74, 6) is 0.753. The van der Waals surface area contributed by atoms with E-state index in [9.17, 15) is 0 Å². The minimum absolute atomic E-state index is 0.753. The third-order valence-electron chi connectivity index (χ3n) is 5.09. The first-order valence-electron chi connectivity index (χ1n) is 8.50. The van der Waals surface area contributed by atoms with Crippen LogP contribution in [0.2, 0.25) is 0 Å². The maximum Gasteiger partial charge on any atom is -0.0103 e. The molecule has 1 aliphatic rings. The van der Waals surface area contributed by atoms with Gasteiger partial charge in [-0.05, 0) is 46.2 Å². The van der Waals surface area contributed by atoms with Crippen LogP contribution in [0.5, 0.6) is 0 Å². The smallest absolute Gasteiger partial charge is 0.0103 e. The predicted molar refractivity (Wildman–Crippen MR) is 95.2 cm³/mol. The molecule has 0 saturated heterocycles. The predicted octanol–water partition coefficient (Wildman–Crippen LogP) is 6.55. The number of fused-ring (bicyclic) bond motifs is 1. The van der Waals surface area contributed by atoms with Gasteiger partial charge in [0.1, 0.15) is 0 Å². The summed E-state index contributed by atoms with van der Waals surface area (Å²) in [6, 6.07) is 24.4. The van der Waals surface area contributed by atoms with Gasteiger partial charge in [0.15, 0.2) is 0 Å². The molecule has 0 aliphatic heterocycles. The Morgan fingerprint density at radius 2 is 1.27 bits per heavy atom. The van der Waals surface area contributed by atoms with E-state index in [0.29, 0.717) is 0 Å². The summed E-state index contributed by atoms with van der Waals surface area (Å²) < 4.78 is 0. The zero-order valence-corrected chi connectivity index (χ0v) is 13.0. The van der Waals surface area contributed by atoms with E-state index in [2.05, 4.69) is 66.7 Å². The Labute approximate surface area is 132 Å². The first-order valence-corrected chi connectivity index (χ1v) is 8.50. The molecule has 0 radical (unpaired) electrons. The van der Waals surface area contributed by atoms with Gasteiger partial charge in [-0.3, -0.25) is 0 Å². The molecule has 110 valence electrons. The van der Waals surface area contributed by atoms with E-state index in [1.54, 1.807) is 5.56 Å². The normalized spacial score (nSPS) is 16.0. The van der Waals surface area contributed by atoms with Crippen molar-refractivity contribution >= 4 is 10.8 Å². The first kappa shape index (κ1) is 13.6.